The van der Waals surface area contributed by atoms with Gasteiger partial charge in [0.2, 0.25) is 6.33 Å². The van der Waals surface area contributed by atoms with Crippen molar-refractivity contribution in [1.29, 1.82) is 0 Å². The molecule has 0 amide bonds. The van der Waals surface area contributed by atoms with E-state index in [1.165, 1.54) is 32.6 Å². The van der Waals surface area contributed by atoms with Crippen LogP contribution in [0.4, 0.5) is 0 Å². The average molecular weight is 984 g/mol. The van der Waals surface area contributed by atoms with Crippen LogP contribution in [-0.4, -0.2) is 23.3 Å². The van der Waals surface area contributed by atoms with E-state index in [9.17, 15) is 0 Å². The summed E-state index contributed by atoms with van der Waals surface area (Å²) < 4.78 is 17.9. The molecule has 7 aromatic carbocycles. The van der Waals surface area contributed by atoms with Gasteiger partial charge in [0.05, 0.1) is 40.1 Å². The minimum absolute atomic E-state index is 0. The van der Waals surface area contributed by atoms with Crippen molar-refractivity contribution in [1.82, 2.24) is 23.3 Å². The van der Waals surface area contributed by atoms with Crippen LogP contribution in [0, 0.1) is 18.5 Å². The number of benzene rings is 7. The second-order valence-electron chi connectivity index (χ2n) is 17.0. The number of rotatable bonds is 5. The van der Waals surface area contributed by atoms with E-state index in [1.807, 2.05) is 58.8 Å². The van der Waals surface area contributed by atoms with Crippen molar-refractivity contribution in [3.8, 4) is 28.7 Å². The van der Waals surface area contributed by atoms with Gasteiger partial charge in [0.25, 0.3) is 0 Å². The van der Waals surface area contributed by atoms with Crippen molar-refractivity contribution in [2.75, 3.05) is 0 Å². The molecule has 0 N–H and O–H groups in total. The van der Waals surface area contributed by atoms with Crippen LogP contribution in [0.15, 0.2) is 152 Å². The fourth-order valence-corrected chi connectivity index (χ4v) is 9.57. The number of aryl methyl sites for hydroxylation is 2. The van der Waals surface area contributed by atoms with Gasteiger partial charge in [0.15, 0.2) is 0 Å². The van der Waals surface area contributed by atoms with Crippen LogP contribution >= 0.6 is 0 Å². The van der Waals surface area contributed by atoms with Crippen LogP contribution in [0.25, 0.3) is 93.6 Å². The molecule has 0 aliphatic carbocycles. The smallest absolute Gasteiger partial charge is 0.242 e. The molecule has 0 fully saturated rings. The third-order valence-corrected chi connectivity index (χ3v) is 12.3. The quantitative estimate of drug-likeness (QED) is 0.127. The molecule has 304 valence electrons. The first-order chi connectivity index (χ1) is 29.7. The zero-order valence-electron chi connectivity index (χ0n) is 34.8. The van der Waals surface area contributed by atoms with Crippen molar-refractivity contribution in [3.05, 3.63) is 176 Å². The van der Waals surface area contributed by atoms with Crippen molar-refractivity contribution in [3.63, 3.8) is 0 Å². The molecule has 0 spiro atoms. The van der Waals surface area contributed by atoms with Crippen LogP contribution in [0.5, 0.6) is 11.5 Å². The summed E-state index contributed by atoms with van der Waals surface area (Å²) in [6, 6.07) is 58.5. The van der Waals surface area contributed by atoms with Gasteiger partial charge in [-0.05, 0) is 52.8 Å². The molecule has 7 nitrogen and oxygen atoms in total. The predicted octanol–water partition coefficient (Wildman–Crippen LogP) is 12.2. The normalized spacial score (nSPS) is 12.1. The molecule has 0 radical (unpaired) electrons. The Morgan fingerprint density at radius 3 is 2.05 bits per heavy atom. The maximum Gasteiger partial charge on any atom is 0.242 e. The summed E-state index contributed by atoms with van der Waals surface area (Å²) in [7, 11) is 4.20. The zero-order chi connectivity index (χ0) is 41.1. The zero-order valence-corrected chi connectivity index (χ0v) is 37.1. The summed E-state index contributed by atoms with van der Waals surface area (Å²) in [5.74, 6) is 1.99. The van der Waals surface area contributed by atoms with Crippen molar-refractivity contribution in [2.24, 2.45) is 14.1 Å². The molecule has 0 atom stereocenters. The molecule has 0 saturated heterocycles. The minimum Gasteiger partial charge on any atom is -0.510 e. The van der Waals surface area contributed by atoms with E-state index in [2.05, 4.69) is 169 Å². The summed E-state index contributed by atoms with van der Waals surface area (Å²) in [4.78, 5) is 5.15. The molecule has 0 aliphatic heterocycles. The van der Waals surface area contributed by atoms with E-state index >= 15 is 0 Å². The van der Waals surface area contributed by atoms with Crippen LogP contribution < -0.4 is 9.30 Å². The number of imidazole rings is 1. The molecule has 62 heavy (non-hydrogen) atoms. The number of hydrogen-bond donors (Lipinski definition) is 0. The van der Waals surface area contributed by atoms with E-state index in [1.54, 1.807) is 0 Å². The summed E-state index contributed by atoms with van der Waals surface area (Å²) in [5.41, 5.74) is 11.7. The van der Waals surface area contributed by atoms with Gasteiger partial charge in [0, 0.05) is 78.6 Å². The van der Waals surface area contributed by atoms with Gasteiger partial charge in [-0.2, -0.15) is 18.2 Å². The second-order valence-corrected chi connectivity index (χ2v) is 17.0. The van der Waals surface area contributed by atoms with E-state index in [0.29, 0.717) is 11.5 Å². The molecular weight excluding hydrogens is 944 g/mol. The molecule has 5 aromatic heterocycles. The fourth-order valence-electron chi connectivity index (χ4n) is 9.57. The van der Waals surface area contributed by atoms with Gasteiger partial charge in [-0.25, -0.2) is 4.98 Å². The number of fused-ring (bicyclic) bond motifs is 13. The molecule has 12 rings (SSSR count). The molecule has 8 heteroatoms. The van der Waals surface area contributed by atoms with E-state index in [4.69, 9.17) is 9.72 Å². The topological polar surface area (TPSA) is 45.7 Å². The first kappa shape index (κ1) is 38.0. The van der Waals surface area contributed by atoms with Crippen LogP contribution in [0.1, 0.15) is 26.3 Å². The van der Waals surface area contributed by atoms with Crippen molar-refractivity contribution >= 4 is 76.5 Å². The Bertz CT molecular complexity index is 3750. The van der Waals surface area contributed by atoms with Crippen molar-refractivity contribution in [2.45, 2.75) is 26.2 Å². The van der Waals surface area contributed by atoms with Gasteiger partial charge in [0.1, 0.15) is 5.82 Å². The standard InChI is InChI=1S/C54H40N6O.Pt/c1-54(2,3)34-28-29-55-47(30-34)60-46-32-38(61-37-19-15-18-36(31-37)58-33-56(4)44-24-13-14-25-45(44)58)26-27-41(46)50-51-48(49-39-20-9-11-22-42(39)57(5)52(49)53(50)60)40-21-10-12-23-43(40)59(51)35-16-7-6-8-17-35;/h6-30H,1-5H3;/q-2;. The number of hydrogen-bond acceptors (Lipinski definition) is 2. The molecule has 12 aromatic rings. The Morgan fingerprint density at radius 1 is 0.581 bits per heavy atom. The molecule has 0 saturated carbocycles. The minimum atomic E-state index is -0.100. The summed E-state index contributed by atoms with van der Waals surface area (Å²) >= 11 is 0. The van der Waals surface area contributed by atoms with Gasteiger partial charge in [-0.3, -0.25) is 0 Å². The number of ether oxygens (including phenoxy) is 1. The number of para-hydroxylation sites is 5. The third kappa shape index (κ3) is 5.54. The van der Waals surface area contributed by atoms with E-state index < -0.39 is 0 Å². The monoisotopic (exact) mass is 983 g/mol. The maximum atomic E-state index is 6.73. The van der Waals surface area contributed by atoms with E-state index in [0.717, 1.165) is 66.6 Å². The number of pyridine rings is 1. The Morgan fingerprint density at radius 2 is 1.26 bits per heavy atom. The van der Waals surface area contributed by atoms with Crippen LogP contribution in [0.3, 0.4) is 0 Å². The largest absolute Gasteiger partial charge is 0.510 e. The first-order valence-corrected chi connectivity index (χ1v) is 20.7. The Kier molecular flexibility index (Phi) is 8.61. The summed E-state index contributed by atoms with van der Waals surface area (Å²) in [5, 5.41) is 7.04. The summed E-state index contributed by atoms with van der Waals surface area (Å²) in [6.45, 7) is 6.75. The average Bonchev–Trinajstić information content (AvgIpc) is 4.00. The SMILES string of the molecule is Cn1[c-][n+](-c2[c-]c(Oc3[c-]c4c(cc3)c3c(c5c(c6ccccc6n5C)c5c6ccccc6n(-c6ccccc6)c53)n4-c3cc(C(C)(C)C)ccn3)ccc2)c2ccccc21.[Pt]. The van der Waals surface area contributed by atoms with Gasteiger partial charge in [-0.15, -0.1) is 24.3 Å². The molecule has 0 bridgehead atoms. The van der Waals surface area contributed by atoms with Crippen LogP contribution in [0.2, 0.25) is 0 Å². The van der Waals surface area contributed by atoms with Gasteiger partial charge < -0.3 is 27.6 Å². The fraction of sp³-hybridized carbons (Fsp3) is 0.111. The van der Waals surface area contributed by atoms with Crippen LogP contribution in [-0.2, 0) is 40.6 Å². The Balaban J connectivity index is 0.00000432. The molecule has 0 aliphatic rings. The Hall–Kier alpha value is -6.95. The Labute approximate surface area is 372 Å². The molecular formula is C54H40N6OPt-2. The van der Waals surface area contributed by atoms with Gasteiger partial charge in [-0.1, -0.05) is 116 Å². The molecule has 5 heterocycles. The second kappa shape index (κ2) is 14.0. The number of nitrogens with zero attached hydrogens (tertiary/aromatic N) is 6. The maximum absolute atomic E-state index is 6.73. The predicted molar refractivity (Wildman–Crippen MR) is 247 cm³/mol. The third-order valence-electron chi connectivity index (χ3n) is 12.3. The van der Waals surface area contributed by atoms with E-state index in [-0.39, 0.29) is 26.5 Å². The summed E-state index contributed by atoms with van der Waals surface area (Å²) in [6.07, 6.45) is 5.37. The first-order valence-electron chi connectivity index (χ1n) is 20.7. The van der Waals surface area contributed by atoms with Gasteiger partial charge >= 0.3 is 0 Å². The number of aromatic nitrogens is 6. The van der Waals surface area contributed by atoms with Crippen molar-refractivity contribution < 1.29 is 30.4 Å². The molecule has 0 unspecified atom stereocenters.